The summed E-state index contributed by atoms with van der Waals surface area (Å²) < 4.78 is 30.2. The van der Waals surface area contributed by atoms with Crippen molar-refractivity contribution in [2.24, 2.45) is 0 Å². The van der Waals surface area contributed by atoms with E-state index in [1.807, 2.05) is 0 Å². The lowest BCUT2D eigenvalue weighted by Crippen LogP contribution is -2.35. The third-order valence-electron chi connectivity index (χ3n) is 3.51. The minimum Gasteiger partial charge on any atom is -0.449 e. The molecule has 0 unspecified atom stereocenters. The number of anilines is 1. The van der Waals surface area contributed by atoms with Crippen LogP contribution in [0, 0.1) is 0 Å². The van der Waals surface area contributed by atoms with Crippen LogP contribution in [0.1, 0.15) is 22.8 Å². The van der Waals surface area contributed by atoms with Gasteiger partial charge in [-0.25, -0.2) is 13.2 Å². The van der Waals surface area contributed by atoms with Crippen molar-refractivity contribution < 1.29 is 22.7 Å². The molecule has 0 aliphatic heterocycles. The third kappa shape index (κ3) is 6.26. The molecule has 27 heavy (non-hydrogen) atoms. The number of halogens is 1. The van der Waals surface area contributed by atoms with Crippen LogP contribution in [0.4, 0.5) is 5.69 Å². The van der Waals surface area contributed by atoms with E-state index in [4.69, 9.17) is 16.3 Å². The van der Waals surface area contributed by atoms with Gasteiger partial charge >= 0.3 is 5.97 Å². The van der Waals surface area contributed by atoms with E-state index in [0.717, 1.165) is 11.8 Å². The zero-order chi connectivity index (χ0) is 20.0. The molecule has 0 spiro atoms. The summed E-state index contributed by atoms with van der Waals surface area (Å²) in [5.41, 5.74) is 0.816. The molecule has 1 amide bonds. The van der Waals surface area contributed by atoms with E-state index in [2.05, 4.69) is 10.0 Å². The van der Waals surface area contributed by atoms with E-state index in [9.17, 15) is 18.0 Å². The van der Waals surface area contributed by atoms with Crippen molar-refractivity contribution in [3.8, 4) is 0 Å². The van der Waals surface area contributed by atoms with Crippen LogP contribution < -0.4 is 10.0 Å². The van der Waals surface area contributed by atoms with E-state index >= 15 is 0 Å². The number of para-hydroxylation sites is 1. The molecule has 2 N–H and O–H groups in total. The van der Waals surface area contributed by atoms with Gasteiger partial charge in [-0.1, -0.05) is 41.9 Å². The maximum absolute atomic E-state index is 12.3. The van der Waals surface area contributed by atoms with Gasteiger partial charge in [-0.2, -0.15) is 0 Å². The lowest BCUT2D eigenvalue weighted by Gasteiger charge is -2.15. The summed E-state index contributed by atoms with van der Waals surface area (Å²) in [7, 11) is -3.57. The van der Waals surface area contributed by atoms with Crippen molar-refractivity contribution in [3.05, 3.63) is 64.7 Å². The molecule has 0 fully saturated rings. The van der Waals surface area contributed by atoms with Crippen molar-refractivity contribution in [3.63, 3.8) is 0 Å². The number of sulfonamides is 1. The maximum atomic E-state index is 12.3. The van der Waals surface area contributed by atoms with Crippen LogP contribution in [0.2, 0.25) is 5.02 Å². The molecule has 0 bridgehead atoms. The Morgan fingerprint density at radius 2 is 1.74 bits per heavy atom. The van der Waals surface area contributed by atoms with Gasteiger partial charge in [-0.05, 0) is 30.7 Å². The number of hydrogen-bond donors (Lipinski definition) is 2. The first-order valence-electron chi connectivity index (χ1n) is 7.96. The first-order valence-corrected chi connectivity index (χ1v) is 10.2. The van der Waals surface area contributed by atoms with Crippen LogP contribution in [0.15, 0.2) is 48.5 Å². The third-order valence-corrected chi connectivity index (χ3v) is 4.47. The number of amides is 1. The van der Waals surface area contributed by atoms with Crippen LogP contribution in [-0.4, -0.2) is 32.7 Å². The molecule has 0 saturated heterocycles. The highest BCUT2D eigenvalue weighted by atomic mass is 35.5. The lowest BCUT2D eigenvalue weighted by molar-refractivity contribution is -0.129. The van der Waals surface area contributed by atoms with Crippen LogP contribution in [0.5, 0.6) is 0 Å². The normalized spacial score (nSPS) is 12.1. The van der Waals surface area contributed by atoms with Crippen molar-refractivity contribution in [1.82, 2.24) is 5.32 Å². The molecule has 0 aliphatic carbocycles. The van der Waals surface area contributed by atoms with Crippen molar-refractivity contribution in [1.29, 1.82) is 0 Å². The molecule has 0 radical (unpaired) electrons. The highest BCUT2D eigenvalue weighted by Gasteiger charge is 2.21. The molecule has 0 aliphatic rings. The first-order chi connectivity index (χ1) is 12.7. The van der Waals surface area contributed by atoms with Gasteiger partial charge in [0.15, 0.2) is 6.10 Å². The Labute approximate surface area is 162 Å². The average molecular weight is 411 g/mol. The van der Waals surface area contributed by atoms with Crippen molar-refractivity contribution in [2.45, 2.75) is 19.6 Å². The van der Waals surface area contributed by atoms with E-state index < -0.39 is 28.0 Å². The number of hydrogen-bond acceptors (Lipinski definition) is 5. The Morgan fingerprint density at radius 3 is 2.41 bits per heavy atom. The van der Waals surface area contributed by atoms with Gasteiger partial charge in [0.1, 0.15) is 0 Å². The Morgan fingerprint density at radius 1 is 1.11 bits per heavy atom. The fourth-order valence-corrected chi connectivity index (χ4v) is 2.98. The first kappa shape index (κ1) is 20.7. The van der Waals surface area contributed by atoms with Crippen LogP contribution in [0.3, 0.4) is 0 Å². The fourth-order valence-electron chi connectivity index (χ4n) is 2.20. The molecule has 0 saturated carbocycles. The van der Waals surface area contributed by atoms with Gasteiger partial charge in [0.25, 0.3) is 5.91 Å². The number of nitrogens with one attached hydrogen (secondary N) is 2. The standard InChI is InChI=1S/C18H19ClN2O5S/c1-12(17(22)20-11-13-7-3-5-9-15(13)19)26-18(23)14-8-4-6-10-16(14)21-27(2,24)25/h3-10,12,21H,11H2,1-2H3,(H,20,22)/t12-/m1/s1. The quantitative estimate of drug-likeness (QED) is 0.683. The molecule has 2 aromatic rings. The van der Waals surface area contributed by atoms with Gasteiger partial charge in [-0.3, -0.25) is 9.52 Å². The Bertz CT molecular complexity index is 946. The van der Waals surface area contributed by atoms with Crippen LogP contribution in [-0.2, 0) is 26.1 Å². The number of esters is 1. The molecule has 2 aromatic carbocycles. The number of rotatable bonds is 7. The summed E-state index contributed by atoms with van der Waals surface area (Å²) in [6, 6.07) is 13.0. The van der Waals surface area contributed by atoms with Crippen LogP contribution in [0.25, 0.3) is 0 Å². The minimum atomic E-state index is -3.57. The summed E-state index contributed by atoms with van der Waals surface area (Å²) in [5.74, 6) is -1.32. The molecular formula is C18H19ClN2O5S. The lowest BCUT2D eigenvalue weighted by atomic mass is 10.2. The van der Waals surface area contributed by atoms with E-state index in [1.54, 1.807) is 36.4 Å². The molecule has 0 heterocycles. The second-order valence-electron chi connectivity index (χ2n) is 5.78. The Kier molecular flexibility index (Phi) is 6.81. The Hall–Kier alpha value is -2.58. The summed E-state index contributed by atoms with van der Waals surface area (Å²) in [4.78, 5) is 24.5. The van der Waals surface area contributed by atoms with E-state index in [0.29, 0.717) is 5.02 Å². The SMILES string of the molecule is C[C@@H](OC(=O)c1ccccc1NS(C)(=O)=O)C(=O)NCc1ccccc1Cl. The molecule has 144 valence electrons. The van der Waals surface area contributed by atoms with E-state index in [1.165, 1.54) is 19.1 Å². The Balaban J connectivity index is 2.01. The molecular weight excluding hydrogens is 392 g/mol. The zero-order valence-corrected chi connectivity index (χ0v) is 16.3. The predicted molar refractivity (Wildman–Crippen MR) is 103 cm³/mol. The molecule has 9 heteroatoms. The van der Waals surface area contributed by atoms with Crippen LogP contribution >= 0.6 is 11.6 Å². The fraction of sp³-hybridized carbons (Fsp3) is 0.222. The van der Waals surface area contributed by atoms with Crippen molar-refractivity contribution in [2.75, 3.05) is 11.0 Å². The summed E-state index contributed by atoms with van der Waals surface area (Å²) >= 11 is 6.03. The van der Waals surface area contributed by atoms with Gasteiger partial charge in [0, 0.05) is 11.6 Å². The van der Waals surface area contributed by atoms with Gasteiger partial charge in [0.05, 0.1) is 17.5 Å². The second-order valence-corrected chi connectivity index (χ2v) is 7.93. The summed E-state index contributed by atoms with van der Waals surface area (Å²) in [6.07, 6.45) is -0.105. The average Bonchev–Trinajstić information content (AvgIpc) is 2.59. The zero-order valence-electron chi connectivity index (χ0n) is 14.7. The van der Waals surface area contributed by atoms with Crippen molar-refractivity contribution >= 4 is 39.2 Å². The summed E-state index contributed by atoms with van der Waals surface area (Å²) in [5, 5.41) is 3.15. The highest BCUT2D eigenvalue weighted by Crippen LogP contribution is 2.18. The predicted octanol–water partition coefficient (Wildman–Crippen LogP) is 2.57. The van der Waals surface area contributed by atoms with E-state index in [-0.39, 0.29) is 17.8 Å². The smallest absolute Gasteiger partial charge is 0.341 e. The largest absolute Gasteiger partial charge is 0.449 e. The van der Waals surface area contributed by atoms with Gasteiger partial charge in [-0.15, -0.1) is 0 Å². The van der Waals surface area contributed by atoms with Gasteiger partial charge < -0.3 is 10.1 Å². The number of carbonyl (C=O) groups excluding carboxylic acids is 2. The number of ether oxygens (including phenoxy) is 1. The highest BCUT2D eigenvalue weighted by molar-refractivity contribution is 7.92. The molecule has 1 atom stereocenters. The molecule has 2 rings (SSSR count). The maximum Gasteiger partial charge on any atom is 0.341 e. The van der Waals surface area contributed by atoms with Gasteiger partial charge in [0.2, 0.25) is 10.0 Å². The number of benzene rings is 2. The number of carbonyl (C=O) groups is 2. The monoisotopic (exact) mass is 410 g/mol. The molecule has 7 nitrogen and oxygen atoms in total. The second kappa shape index (κ2) is 8.88. The molecule has 0 aromatic heterocycles. The topological polar surface area (TPSA) is 102 Å². The summed E-state index contributed by atoms with van der Waals surface area (Å²) in [6.45, 7) is 1.61. The minimum absolute atomic E-state index is 0.00804.